The molecule has 0 unspecified atom stereocenters. The molecule has 0 radical (unpaired) electrons. The first kappa shape index (κ1) is 15.1. The van der Waals surface area contributed by atoms with Gasteiger partial charge in [-0.15, -0.1) is 0 Å². The smallest absolute Gasteiger partial charge is 0.306 e. The van der Waals surface area contributed by atoms with E-state index in [0.29, 0.717) is 25.7 Å². The van der Waals surface area contributed by atoms with Crippen LogP contribution >= 0.6 is 0 Å². The van der Waals surface area contributed by atoms with Gasteiger partial charge in [-0.25, -0.2) is 13.1 Å². The van der Waals surface area contributed by atoms with Crippen LogP contribution in [-0.2, 0) is 24.3 Å². The Morgan fingerprint density at radius 3 is 2.56 bits per heavy atom. The highest BCUT2D eigenvalue weighted by Crippen LogP contribution is 2.15. The Morgan fingerprint density at radius 1 is 1.39 bits per heavy atom. The third kappa shape index (κ3) is 5.59. The summed E-state index contributed by atoms with van der Waals surface area (Å²) in [5.41, 5.74) is 0. The van der Waals surface area contributed by atoms with Crippen molar-refractivity contribution < 1.29 is 22.7 Å². The summed E-state index contributed by atoms with van der Waals surface area (Å²) in [7, 11) is -3.47. The summed E-state index contributed by atoms with van der Waals surface area (Å²) in [5, 5.41) is 0. The maximum Gasteiger partial charge on any atom is 0.306 e. The third-order valence-corrected chi connectivity index (χ3v) is 4.20. The van der Waals surface area contributed by atoms with Gasteiger partial charge in [0, 0.05) is 18.9 Å². The van der Waals surface area contributed by atoms with Crippen molar-refractivity contribution in [2.45, 2.75) is 45.1 Å². The molecule has 0 amide bonds. The second-order valence-electron chi connectivity index (χ2n) is 4.30. The Balaban J connectivity index is 2.35. The first-order valence-corrected chi connectivity index (χ1v) is 7.75. The van der Waals surface area contributed by atoms with Crippen LogP contribution in [0.15, 0.2) is 0 Å². The third-order valence-electron chi connectivity index (χ3n) is 2.77. The molecule has 0 atom stereocenters. The van der Waals surface area contributed by atoms with Crippen LogP contribution in [-0.4, -0.2) is 38.6 Å². The molecule has 0 aromatic heterocycles. The SMILES string of the molecule is CCOC(=O)CCS(=O)(=O)NC1CCC(=O)CC1. The van der Waals surface area contributed by atoms with Crippen LogP contribution in [0, 0.1) is 0 Å². The standard InChI is InChI=1S/C11H19NO5S/c1-2-17-11(14)7-8-18(15,16)12-9-3-5-10(13)6-4-9/h9,12H,2-8H2,1H3. The summed E-state index contributed by atoms with van der Waals surface area (Å²) >= 11 is 0. The van der Waals surface area contributed by atoms with Gasteiger partial charge in [0.25, 0.3) is 0 Å². The lowest BCUT2D eigenvalue weighted by Crippen LogP contribution is -2.39. The number of hydrogen-bond donors (Lipinski definition) is 1. The molecule has 104 valence electrons. The van der Waals surface area contributed by atoms with Crippen LogP contribution in [0.5, 0.6) is 0 Å². The number of carbonyl (C=O) groups is 2. The molecule has 7 heteroatoms. The lowest BCUT2D eigenvalue weighted by Gasteiger charge is -2.21. The molecule has 1 aliphatic carbocycles. The van der Waals surface area contributed by atoms with Crippen LogP contribution in [0.1, 0.15) is 39.0 Å². The minimum absolute atomic E-state index is 0.144. The highest BCUT2D eigenvalue weighted by atomic mass is 32.2. The van der Waals surface area contributed by atoms with Gasteiger partial charge in [0.05, 0.1) is 18.8 Å². The molecule has 1 rings (SSSR count). The quantitative estimate of drug-likeness (QED) is 0.708. The number of carbonyl (C=O) groups excluding carboxylic acids is 2. The van der Waals surface area contributed by atoms with Crippen molar-refractivity contribution in [3.05, 3.63) is 0 Å². The average Bonchev–Trinajstić information content (AvgIpc) is 2.30. The van der Waals surface area contributed by atoms with E-state index in [-0.39, 0.29) is 30.6 Å². The number of ether oxygens (including phenoxy) is 1. The topological polar surface area (TPSA) is 89.5 Å². The molecule has 1 N–H and O–H groups in total. The van der Waals surface area contributed by atoms with E-state index in [9.17, 15) is 18.0 Å². The Bertz CT molecular complexity index is 394. The van der Waals surface area contributed by atoms with Gasteiger partial charge in [-0.2, -0.15) is 0 Å². The lowest BCUT2D eigenvalue weighted by atomic mass is 9.95. The normalized spacial score (nSPS) is 17.7. The molecule has 1 aliphatic rings. The zero-order valence-corrected chi connectivity index (χ0v) is 11.3. The summed E-state index contributed by atoms with van der Waals surface area (Å²) in [5.74, 6) is -0.602. The second-order valence-corrected chi connectivity index (χ2v) is 6.18. The van der Waals surface area contributed by atoms with Crippen LogP contribution in [0.4, 0.5) is 0 Å². The fraction of sp³-hybridized carbons (Fsp3) is 0.818. The molecule has 0 aromatic carbocycles. The molecule has 0 saturated heterocycles. The van der Waals surface area contributed by atoms with E-state index >= 15 is 0 Å². The highest BCUT2D eigenvalue weighted by molar-refractivity contribution is 7.89. The van der Waals surface area contributed by atoms with Gasteiger partial charge in [0.2, 0.25) is 10.0 Å². The van der Waals surface area contributed by atoms with Crippen molar-refractivity contribution in [2.75, 3.05) is 12.4 Å². The lowest BCUT2D eigenvalue weighted by molar-refractivity contribution is -0.142. The van der Waals surface area contributed by atoms with Crippen LogP contribution in [0.25, 0.3) is 0 Å². The Kier molecular flexibility index (Phi) is 5.74. The van der Waals surface area contributed by atoms with E-state index < -0.39 is 16.0 Å². The van der Waals surface area contributed by atoms with Crippen LogP contribution < -0.4 is 4.72 Å². The predicted molar refractivity (Wildman–Crippen MR) is 65.4 cm³/mol. The van der Waals surface area contributed by atoms with E-state index in [1.165, 1.54) is 0 Å². The number of Topliss-reactive ketones (excluding diaryl/α,β-unsaturated/α-hetero) is 1. The largest absolute Gasteiger partial charge is 0.466 e. The number of nitrogens with one attached hydrogen (secondary N) is 1. The van der Waals surface area contributed by atoms with E-state index in [0.717, 1.165) is 0 Å². The van der Waals surface area contributed by atoms with Gasteiger partial charge in [-0.1, -0.05) is 0 Å². The van der Waals surface area contributed by atoms with E-state index in [1.54, 1.807) is 6.92 Å². The Labute approximate surface area is 107 Å². The van der Waals surface area contributed by atoms with Gasteiger partial charge in [0.15, 0.2) is 0 Å². The summed E-state index contributed by atoms with van der Waals surface area (Å²) in [4.78, 5) is 22.1. The molecule has 0 heterocycles. The molecule has 0 bridgehead atoms. The molecule has 0 aromatic rings. The number of ketones is 1. The monoisotopic (exact) mass is 277 g/mol. The van der Waals surface area contributed by atoms with Gasteiger partial charge >= 0.3 is 5.97 Å². The van der Waals surface area contributed by atoms with Gasteiger partial charge < -0.3 is 4.74 Å². The maximum atomic E-state index is 11.7. The summed E-state index contributed by atoms with van der Waals surface area (Å²) in [6.45, 7) is 1.92. The van der Waals surface area contributed by atoms with Gasteiger partial charge in [-0.05, 0) is 19.8 Å². The Morgan fingerprint density at radius 2 is 2.00 bits per heavy atom. The van der Waals surface area contributed by atoms with Crippen molar-refractivity contribution in [3.63, 3.8) is 0 Å². The van der Waals surface area contributed by atoms with Crippen molar-refractivity contribution in [3.8, 4) is 0 Å². The number of sulfonamides is 1. The molecule has 1 fully saturated rings. The van der Waals surface area contributed by atoms with E-state index in [4.69, 9.17) is 0 Å². The zero-order valence-electron chi connectivity index (χ0n) is 10.5. The zero-order chi connectivity index (χ0) is 13.6. The fourth-order valence-electron chi connectivity index (χ4n) is 1.82. The first-order chi connectivity index (χ1) is 8.43. The number of esters is 1. The van der Waals surface area contributed by atoms with Crippen LogP contribution in [0.2, 0.25) is 0 Å². The molecule has 6 nitrogen and oxygen atoms in total. The van der Waals surface area contributed by atoms with Crippen LogP contribution in [0.3, 0.4) is 0 Å². The number of hydrogen-bond acceptors (Lipinski definition) is 5. The Hall–Kier alpha value is -0.950. The van der Waals surface area contributed by atoms with Crippen molar-refractivity contribution in [2.24, 2.45) is 0 Å². The van der Waals surface area contributed by atoms with Crippen molar-refractivity contribution >= 4 is 21.8 Å². The molecular formula is C11H19NO5S. The molecule has 0 aliphatic heterocycles. The molecule has 18 heavy (non-hydrogen) atoms. The van der Waals surface area contributed by atoms with Gasteiger partial charge in [-0.3, -0.25) is 9.59 Å². The minimum Gasteiger partial charge on any atom is -0.466 e. The van der Waals surface area contributed by atoms with E-state index in [2.05, 4.69) is 9.46 Å². The van der Waals surface area contributed by atoms with E-state index in [1.807, 2.05) is 0 Å². The minimum atomic E-state index is -3.47. The number of rotatable bonds is 6. The van der Waals surface area contributed by atoms with Crippen molar-refractivity contribution in [1.82, 2.24) is 4.72 Å². The average molecular weight is 277 g/mol. The van der Waals surface area contributed by atoms with Gasteiger partial charge in [0.1, 0.15) is 5.78 Å². The summed E-state index contributed by atoms with van der Waals surface area (Å²) in [6.07, 6.45) is 1.78. The molecule has 0 spiro atoms. The molecule has 1 saturated carbocycles. The second kappa shape index (κ2) is 6.84. The maximum absolute atomic E-state index is 11.7. The fourth-order valence-corrected chi connectivity index (χ4v) is 3.12. The molecular weight excluding hydrogens is 258 g/mol. The highest BCUT2D eigenvalue weighted by Gasteiger charge is 2.23. The summed E-state index contributed by atoms with van der Waals surface area (Å²) in [6, 6.07) is -0.185. The first-order valence-electron chi connectivity index (χ1n) is 6.10. The van der Waals surface area contributed by atoms with Crippen molar-refractivity contribution in [1.29, 1.82) is 0 Å². The predicted octanol–water partition coefficient (Wildman–Crippen LogP) is 0.371. The summed E-state index contributed by atoms with van der Waals surface area (Å²) < 4.78 is 30.6.